The molecule has 0 aromatic carbocycles. The van der Waals surface area contributed by atoms with Gasteiger partial charge in [0, 0.05) is 6.92 Å². The van der Waals surface area contributed by atoms with Crippen LogP contribution < -0.4 is 0 Å². The number of hydrogen-bond acceptors (Lipinski definition) is 4. The van der Waals surface area contributed by atoms with E-state index < -0.39 is 7.12 Å². The van der Waals surface area contributed by atoms with Crippen molar-refractivity contribution in [2.45, 2.75) is 6.92 Å². The first-order valence-electron chi connectivity index (χ1n) is 2.33. The quantitative estimate of drug-likeness (QED) is 0.529. The van der Waals surface area contributed by atoms with Gasteiger partial charge in [-0.05, 0) is 11.4 Å². The Hall–Kier alpha value is -0.255. The molecule has 0 amide bonds. The SMILES string of the molecule is CC(=O)SC=CB(O)O. The third kappa shape index (κ3) is 7.74. The van der Waals surface area contributed by atoms with Crippen LogP contribution in [0.1, 0.15) is 6.92 Å². The minimum absolute atomic E-state index is 0.0769. The summed E-state index contributed by atoms with van der Waals surface area (Å²) < 4.78 is 0. The van der Waals surface area contributed by atoms with Crippen molar-refractivity contribution in [3.8, 4) is 0 Å². The van der Waals surface area contributed by atoms with Crippen molar-refractivity contribution in [2.24, 2.45) is 0 Å². The second kappa shape index (κ2) is 4.61. The first-order valence-corrected chi connectivity index (χ1v) is 3.21. The third-order valence-electron chi connectivity index (χ3n) is 0.485. The molecule has 0 radical (unpaired) electrons. The lowest BCUT2D eigenvalue weighted by Gasteiger charge is -1.84. The third-order valence-corrected chi connectivity index (χ3v) is 1.11. The molecule has 0 heterocycles. The number of carbonyl (C=O) groups excluding carboxylic acids is 1. The molecule has 0 unspecified atom stereocenters. The van der Waals surface area contributed by atoms with E-state index in [2.05, 4.69) is 0 Å². The zero-order chi connectivity index (χ0) is 7.28. The molecular formula is C4H7BO3S. The van der Waals surface area contributed by atoms with Crippen molar-refractivity contribution in [3.63, 3.8) is 0 Å². The van der Waals surface area contributed by atoms with Crippen molar-refractivity contribution >= 4 is 24.0 Å². The highest BCUT2D eigenvalue weighted by molar-refractivity contribution is 8.16. The van der Waals surface area contributed by atoms with Crippen molar-refractivity contribution in [3.05, 3.63) is 11.4 Å². The molecule has 0 aliphatic heterocycles. The lowest BCUT2D eigenvalue weighted by atomic mass is 9.94. The summed E-state index contributed by atoms with van der Waals surface area (Å²) >= 11 is 0.920. The second-order valence-electron chi connectivity index (χ2n) is 1.35. The van der Waals surface area contributed by atoms with Gasteiger partial charge in [-0.2, -0.15) is 0 Å². The standard InChI is InChI=1S/C4H7BO3S/c1-4(6)9-3-2-5(7)8/h2-3,7-8H,1H3. The predicted molar refractivity (Wildman–Crippen MR) is 37.6 cm³/mol. The Morgan fingerprint density at radius 1 is 1.67 bits per heavy atom. The molecule has 0 spiro atoms. The fourth-order valence-electron chi connectivity index (χ4n) is 0.205. The Bertz CT molecular complexity index is 123. The Labute approximate surface area is 57.9 Å². The van der Waals surface area contributed by atoms with Crippen LogP contribution in [0.4, 0.5) is 0 Å². The Morgan fingerprint density at radius 2 is 2.22 bits per heavy atom. The number of hydrogen-bond donors (Lipinski definition) is 2. The molecule has 0 aliphatic carbocycles. The molecule has 0 bridgehead atoms. The molecule has 50 valence electrons. The molecule has 0 rings (SSSR count). The maximum Gasteiger partial charge on any atom is 0.481 e. The van der Waals surface area contributed by atoms with E-state index in [1.165, 1.54) is 12.3 Å². The lowest BCUT2D eigenvalue weighted by molar-refractivity contribution is -0.109. The molecule has 0 saturated carbocycles. The van der Waals surface area contributed by atoms with Gasteiger partial charge in [-0.15, -0.1) is 0 Å². The molecule has 0 saturated heterocycles. The lowest BCUT2D eigenvalue weighted by Crippen LogP contribution is -2.05. The molecule has 2 N–H and O–H groups in total. The van der Waals surface area contributed by atoms with Gasteiger partial charge in [-0.25, -0.2) is 0 Å². The minimum atomic E-state index is -1.46. The van der Waals surface area contributed by atoms with Crippen LogP contribution in [0.2, 0.25) is 0 Å². The molecule has 0 fully saturated rings. The molecular weight excluding hydrogens is 139 g/mol. The molecule has 0 aromatic heterocycles. The van der Waals surface area contributed by atoms with E-state index >= 15 is 0 Å². The smallest absolute Gasteiger partial charge is 0.424 e. The average Bonchev–Trinajstić information content (AvgIpc) is 1.63. The number of carbonyl (C=O) groups is 1. The summed E-state index contributed by atoms with van der Waals surface area (Å²) in [5.41, 5.74) is 0. The minimum Gasteiger partial charge on any atom is -0.424 e. The summed E-state index contributed by atoms with van der Waals surface area (Å²) in [6, 6.07) is 0. The monoisotopic (exact) mass is 146 g/mol. The van der Waals surface area contributed by atoms with Gasteiger partial charge in [0.1, 0.15) is 0 Å². The summed E-state index contributed by atoms with van der Waals surface area (Å²) in [4.78, 5) is 10.2. The normalized spacial score (nSPS) is 10.1. The van der Waals surface area contributed by atoms with Crippen LogP contribution in [0.5, 0.6) is 0 Å². The van der Waals surface area contributed by atoms with Crippen LogP contribution in [0.3, 0.4) is 0 Å². The van der Waals surface area contributed by atoms with Crippen molar-refractivity contribution in [1.29, 1.82) is 0 Å². The first kappa shape index (κ1) is 8.74. The summed E-state index contributed by atoms with van der Waals surface area (Å²) in [6.45, 7) is 1.40. The summed E-state index contributed by atoms with van der Waals surface area (Å²) in [7, 11) is -1.46. The fraction of sp³-hybridized carbons (Fsp3) is 0.250. The molecule has 3 nitrogen and oxygen atoms in total. The van der Waals surface area contributed by atoms with Gasteiger partial charge >= 0.3 is 7.12 Å². The Kier molecular flexibility index (Phi) is 4.48. The van der Waals surface area contributed by atoms with Gasteiger partial charge in [-0.3, -0.25) is 4.79 Å². The van der Waals surface area contributed by atoms with E-state index in [1.807, 2.05) is 0 Å². The molecule has 0 aromatic rings. The van der Waals surface area contributed by atoms with Gasteiger partial charge in [0.15, 0.2) is 5.12 Å². The van der Waals surface area contributed by atoms with E-state index in [4.69, 9.17) is 10.0 Å². The Balaban J connectivity index is 3.36. The van der Waals surface area contributed by atoms with Crippen LogP contribution in [0, 0.1) is 0 Å². The van der Waals surface area contributed by atoms with Gasteiger partial charge in [0.05, 0.1) is 0 Å². The summed E-state index contributed by atoms with van der Waals surface area (Å²) in [6.07, 6.45) is 0. The molecule has 9 heavy (non-hydrogen) atoms. The van der Waals surface area contributed by atoms with Gasteiger partial charge < -0.3 is 10.0 Å². The molecule has 5 heteroatoms. The van der Waals surface area contributed by atoms with Crippen LogP contribution in [0.25, 0.3) is 0 Å². The van der Waals surface area contributed by atoms with E-state index in [0.717, 1.165) is 17.7 Å². The van der Waals surface area contributed by atoms with Crippen LogP contribution >= 0.6 is 11.8 Å². The average molecular weight is 146 g/mol. The fourth-order valence-corrected chi connectivity index (χ4v) is 0.616. The zero-order valence-electron chi connectivity index (χ0n) is 4.94. The number of rotatable bonds is 2. The Morgan fingerprint density at radius 3 is 2.56 bits per heavy atom. The van der Waals surface area contributed by atoms with Gasteiger partial charge in [0.25, 0.3) is 0 Å². The van der Waals surface area contributed by atoms with Gasteiger partial charge in [0.2, 0.25) is 0 Å². The van der Waals surface area contributed by atoms with Crippen molar-refractivity contribution in [1.82, 2.24) is 0 Å². The predicted octanol–water partition coefficient (Wildman–Crippen LogP) is -0.208. The highest BCUT2D eigenvalue weighted by Gasteiger charge is 1.97. The van der Waals surface area contributed by atoms with Crippen LogP contribution in [-0.2, 0) is 4.79 Å². The first-order chi connectivity index (χ1) is 4.13. The second-order valence-corrected chi connectivity index (χ2v) is 2.43. The van der Waals surface area contributed by atoms with E-state index in [-0.39, 0.29) is 5.12 Å². The van der Waals surface area contributed by atoms with Gasteiger partial charge in [-0.1, -0.05) is 11.8 Å². The van der Waals surface area contributed by atoms with Crippen LogP contribution in [-0.4, -0.2) is 22.3 Å². The maximum atomic E-state index is 10.2. The molecule has 0 aliphatic rings. The maximum absolute atomic E-state index is 10.2. The molecule has 0 atom stereocenters. The highest BCUT2D eigenvalue weighted by Crippen LogP contribution is 2.01. The van der Waals surface area contributed by atoms with E-state index in [1.54, 1.807) is 0 Å². The highest BCUT2D eigenvalue weighted by atomic mass is 32.2. The topological polar surface area (TPSA) is 57.5 Å². The number of thioether (sulfide) groups is 1. The van der Waals surface area contributed by atoms with Crippen molar-refractivity contribution in [2.75, 3.05) is 0 Å². The zero-order valence-corrected chi connectivity index (χ0v) is 5.76. The van der Waals surface area contributed by atoms with E-state index in [0.29, 0.717) is 0 Å². The largest absolute Gasteiger partial charge is 0.481 e. The summed E-state index contributed by atoms with van der Waals surface area (Å²) in [5.74, 6) is 1.12. The van der Waals surface area contributed by atoms with Crippen LogP contribution in [0.15, 0.2) is 11.4 Å². The summed E-state index contributed by atoms with van der Waals surface area (Å²) in [5, 5.41) is 17.7. The van der Waals surface area contributed by atoms with E-state index in [9.17, 15) is 4.79 Å². The van der Waals surface area contributed by atoms with Crippen molar-refractivity contribution < 1.29 is 14.8 Å².